The minimum atomic E-state index is -0.362. The molecule has 8 nitrogen and oxygen atoms in total. The second-order valence-corrected chi connectivity index (χ2v) is 8.51. The third kappa shape index (κ3) is 6.59. The second kappa shape index (κ2) is 10.8. The number of hydrogen-bond acceptors (Lipinski definition) is 6. The van der Waals surface area contributed by atoms with Crippen LogP contribution in [0.5, 0.6) is 5.75 Å². The van der Waals surface area contributed by atoms with Gasteiger partial charge >= 0.3 is 0 Å². The zero-order chi connectivity index (χ0) is 21.7. The quantitative estimate of drug-likeness (QED) is 0.461. The summed E-state index contributed by atoms with van der Waals surface area (Å²) in [6.45, 7) is 3.02. The Bertz CT molecular complexity index is 896. The van der Waals surface area contributed by atoms with Gasteiger partial charge in [-0.1, -0.05) is 23.7 Å². The highest BCUT2D eigenvalue weighted by atomic mass is 35.5. The Kier molecular flexibility index (Phi) is 8.73. The Morgan fingerprint density at radius 2 is 1.97 bits per heavy atom. The van der Waals surface area contributed by atoms with Crippen LogP contribution >= 0.6 is 11.6 Å². The molecule has 0 unspecified atom stereocenters. The summed E-state index contributed by atoms with van der Waals surface area (Å²) in [6.07, 6.45) is 4.07. The first-order valence-electron chi connectivity index (χ1n) is 10.2. The summed E-state index contributed by atoms with van der Waals surface area (Å²) in [5, 5.41) is 3.03. The summed E-state index contributed by atoms with van der Waals surface area (Å²) < 4.78 is 6.13. The van der Waals surface area contributed by atoms with Crippen LogP contribution in [-0.2, 0) is 6.42 Å². The van der Waals surface area contributed by atoms with Crippen molar-refractivity contribution in [3.8, 4) is 5.75 Å². The number of likely N-dealkylation sites (N-methyl/N-ethyl adjacent to an activating group) is 1. The standard InChI is InChI=1S/C21H29ClN6O2.ClH/c1-28(11-3-5-14-7-9-16(30-2)10-8-14)12-4-6-15(13-28)25-21(29)17-19(23)27-20(24)18(22)26-17;/h7-10,15H,3-6,11-13H2,1-2H3,(H4-,23,24,25,27,29);1H/t15-,28+;/m0./s1. The number of methoxy groups -OCH3 is 1. The number of likely N-dealkylation sites (tertiary alicyclic amines) is 1. The summed E-state index contributed by atoms with van der Waals surface area (Å²) in [7, 11) is 3.93. The van der Waals surface area contributed by atoms with E-state index < -0.39 is 0 Å². The van der Waals surface area contributed by atoms with Gasteiger partial charge in [0.05, 0.1) is 39.8 Å². The van der Waals surface area contributed by atoms with E-state index in [0.29, 0.717) is 0 Å². The highest BCUT2D eigenvalue weighted by Gasteiger charge is 2.32. The van der Waals surface area contributed by atoms with E-state index in [9.17, 15) is 4.79 Å². The van der Waals surface area contributed by atoms with E-state index in [4.69, 9.17) is 27.8 Å². The fourth-order valence-electron chi connectivity index (χ4n) is 4.07. The molecule has 0 spiro atoms. The first-order valence-corrected chi connectivity index (χ1v) is 10.5. The van der Waals surface area contributed by atoms with E-state index in [0.717, 1.165) is 55.6 Å². The molecule has 1 aliphatic rings. The van der Waals surface area contributed by atoms with Crippen LogP contribution in [-0.4, -0.2) is 60.2 Å². The molecular weight excluding hydrogens is 439 g/mol. The van der Waals surface area contributed by atoms with Crippen molar-refractivity contribution in [3.05, 3.63) is 40.7 Å². The lowest BCUT2D eigenvalue weighted by Gasteiger charge is -2.41. The van der Waals surface area contributed by atoms with E-state index in [1.807, 2.05) is 12.1 Å². The number of nitrogen functional groups attached to an aromatic ring is 2. The molecule has 2 aromatic rings. The molecule has 1 saturated heterocycles. The number of nitrogens with two attached hydrogens (primary N) is 2. The van der Waals surface area contributed by atoms with Gasteiger partial charge in [0.1, 0.15) is 5.75 Å². The Morgan fingerprint density at radius 1 is 1.26 bits per heavy atom. The molecule has 170 valence electrons. The molecule has 1 fully saturated rings. The van der Waals surface area contributed by atoms with E-state index in [2.05, 4.69) is 34.5 Å². The Balaban J connectivity index is 0.00000341. The smallest absolute Gasteiger partial charge is 0.274 e. The van der Waals surface area contributed by atoms with Crippen LogP contribution in [0, 0.1) is 0 Å². The minimum absolute atomic E-state index is 0. The zero-order valence-corrected chi connectivity index (χ0v) is 19.4. The highest BCUT2D eigenvalue weighted by Crippen LogP contribution is 2.21. The summed E-state index contributed by atoms with van der Waals surface area (Å²) in [5.74, 6) is 0.519. The van der Waals surface area contributed by atoms with E-state index in [1.165, 1.54) is 5.56 Å². The normalized spacial score (nSPS) is 20.5. The number of carbonyl (C=O) groups excluding carboxylic acids is 1. The van der Waals surface area contributed by atoms with Crippen molar-refractivity contribution in [2.75, 3.05) is 45.3 Å². The molecule has 5 N–H and O–H groups in total. The zero-order valence-electron chi connectivity index (χ0n) is 17.9. The van der Waals surface area contributed by atoms with Gasteiger partial charge < -0.3 is 38.4 Å². The Morgan fingerprint density at radius 3 is 2.65 bits per heavy atom. The molecule has 1 aromatic carbocycles. The van der Waals surface area contributed by atoms with Gasteiger partial charge in [0.25, 0.3) is 5.91 Å². The molecule has 2 atom stereocenters. The van der Waals surface area contributed by atoms with E-state index >= 15 is 0 Å². The Labute approximate surface area is 194 Å². The Hall–Kier alpha value is -2.29. The molecular formula is C21H30Cl2N6O2. The highest BCUT2D eigenvalue weighted by molar-refractivity contribution is 6.31. The largest absolute Gasteiger partial charge is 1.00 e. The number of amides is 1. The van der Waals surface area contributed by atoms with Gasteiger partial charge in [0.2, 0.25) is 0 Å². The number of quaternary nitrogens is 1. The molecule has 1 amide bonds. The molecule has 0 bridgehead atoms. The third-order valence-corrected chi connectivity index (χ3v) is 5.97. The number of aryl methyl sites for hydroxylation is 1. The first-order chi connectivity index (χ1) is 14.3. The number of aromatic nitrogens is 2. The van der Waals surface area contributed by atoms with Crippen LogP contribution in [0.2, 0.25) is 5.15 Å². The molecule has 0 aliphatic carbocycles. The molecule has 2 heterocycles. The fourth-order valence-corrected chi connectivity index (χ4v) is 4.20. The molecule has 31 heavy (non-hydrogen) atoms. The van der Waals surface area contributed by atoms with Crippen LogP contribution in [0.25, 0.3) is 0 Å². The first kappa shape index (κ1) is 25.0. The van der Waals surface area contributed by atoms with Crippen molar-refractivity contribution in [1.82, 2.24) is 15.3 Å². The number of carbonyl (C=O) groups is 1. The maximum atomic E-state index is 12.6. The number of halogens is 2. The van der Waals surface area contributed by atoms with Gasteiger partial charge in [-0.3, -0.25) is 4.79 Å². The number of piperidine rings is 1. The van der Waals surface area contributed by atoms with Crippen LogP contribution in [0.3, 0.4) is 0 Å². The third-order valence-electron chi connectivity index (χ3n) is 5.69. The van der Waals surface area contributed by atoms with Gasteiger partial charge in [-0.15, -0.1) is 0 Å². The number of nitrogens with zero attached hydrogens (tertiary/aromatic N) is 3. The number of nitrogens with one attached hydrogen (secondary N) is 1. The lowest BCUT2D eigenvalue weighted by atomic mass is 10.0. The summed E-state index contributed by atoms with van der Waals surface area (Å²) >= 11 is 5.90. The van der Waals surface area contributed by atoms with Crippen molar-refractivity contribution in [3.63, 3.8) is 0 Å². The van der Waals surface area contributed by atoms with Crippen LogP contribution in [0.15, 0.2) is 24.3 Å². The molecule has 3 rings (SSSR count). The second-order valence-electron chi connectivity index (χ2n) is 8.15. The molecule has 0 saturated carbocycles. The predicted octanol–water partition coefficient (Wildman–Crippen LogP) is -0.721. The maximum absolute atomic E-state index is 12.6. The van der Waals surface area contributed by atoms with E-state index in [-0.39, 0.29) is 46.8 Å². The van der Waals surface area contributed by atoms with Crippen molar-refractivity contribution in [1.29, 1.82) is 0 Å². The number of anilines is 2. The van der Waals surface area contributed by atoms with Gasteiger partial charge in [0.15, 0.2) is 22.5 Å². The van der Waals surface area contributed by atoms with Crippen molar-refractivity contribution in [2.24, 2.45) is 0 Å². The SMILES string of the molecule is COc1ccc(CCC[N@+]2(C)CCC[C@H](NC(=O)c3nc(Cl)c(N)nc3N)C2)cc1.[Cl-]. The summed E-state index contributed by atoms with van der Waals surface area (Å²) in [6, 6.07) is 8.27. The average Bonchev–Trinajstić information content (AvgIpc) is 2.71. The van der Waals surface area contributed by atoms with Crippen LogP contribution < -0.4 is 33.9 Å². The summed E-state index contributed by atoms with van der Waals surface area (Å²) in [5.41, 5.74) is 12.7. The van der Waals surface area contributed by atoms with Gasteiger partial charge in [0, 0.05) is 6.42 Å². The van der Waals surface area contributed by atoms with Crippen molar-refractivity contribution in [2.45, 2.75) is 31.7 Å². The van der Waals surface area contributed by atoms with Crippen LogP contribution in [0.4, 0.5) is 11.6 Å². The fraction of sp³-hybridized carbons (Fsp3) is 0.476. The number of ether oxygens (including phenoxy) is 1. The monoisotopic (exact) mass is 468 g/mol. The van der Waals surface area contributed by atoms with Crippen molar-refractivity contribution < 1.29 is 26.4 Å². The lowest BCUT2D eigenvalue weighted by molar-refractivity contribution is -0.915. The van der Waals surface area contributed by atoms with Gasteiger partial charge in [-0.25, -0.2) is 9.97 Å². The molecule has 0 radical (unpaired) electrons. The van der Waals surface area contributed by atoms with Gasteiger partial charge in [-0.05, 0) is 37.0 Å². The number of hydrogen-bond donors (Lipinski definition) is 3. The lowest BCUT2D eigenvalue weighted by Crippen LogP contribution is -3.00. The average molecular weight is 469 g/mol. The number of benzene rings is 1. The topological polar surface area (TPSA) is 116 Å². The maximum Gasteiger partial charge on any atom is 0.274 e. The minimum Gasteiger partial charge on any atom is -1.00 e. The molecule has 10 heteroatoms. The predicted molar refractivity (Wildman–Crippen MR) is 118 cm³/mol. The summed E-state index contributed by atoms with van der Waals surface area (Å²) in [4.78, 5) is 20.5. The van der Waals surface area contributed by atoms with Crippen molar-refractivity contribution >= 4 is 29.1 Å². The van der Waals surface area contributed by atoms with Gasteiger partial charge in [-0.2, -0.15) is 0 Å². The van der Waals surface area contributed by atoms with Crippen LogP contribution in [0.1, 0.15) is 35.3 Å². The number of rotatable bonds is 7. The van der Waals surface area contributed by atoms with E-state index in [1.54, 1.807) is 7.11 Å². The molecule has 1 aliphatic heterocycles. The molecule has 1 aromatic heterocycles.